The Labute approximate surface area is 128 Å². The fraction of sp³-hybridized carbons (Fsp3) is 0.286. The molecular weight excluding hydrogens is 297 g/mol. The number of amidine groups is 1. The Bertz CT molecular complexity index is 549. The zero-order valence-corrected chi connectivity index (χ0v) is 12.6. The van der Waals surface area contributed by atoms with Gasteiger partial charge in [0.05, 0.1) is 0 Å². The number of nitrogens with one attached hydrogen (secondary N) is 1. The van der Waals surface area contributed by atoms with Gasteiger partial charge in [-0.2, -0.15) is 4.99 Å². The van der Waals surface area contributed by atoms with E-state index in [1.54, 1.807) is 24.3 Å². The minimum Gasteiger partial charge on any atom is -0.363 e. The van der Waals surface area contributed by atoms with Gasteiger partial charge in [0.15, 0.2) is 0 Å². The van der Waals surface area contributed by atoms with E-state index < -0.39 is 6.03 Å². The van der Waals surface area contributed by atoms with Gasteiger partial charge in [-0.1, -0.05) is 29.3 Å². The summed E-state index contributed by atoms with van der Waals surface area (Å²) >= 11 is 12.0. The minimum atomic E-state index is -0.395. The molecule has 0 unspecified atom stereocenters. The van der Waals surface area contributed by atoms with Crippen LogP contribution in [0.4, 0.5) is 4.79 Å². The molecule has 1 fully saturated rings. The molecule has 0 spiro atoms. The lowest BCUT2D eigenvalue weighted by molar-refractivity contribution is 0.252. The van der Waals surface area contributed by atoms with Crippen LogP contribution in [0.1, 0.15) is 18.4 Å². The summed E-state index contributed by atoms with van der Waals surface area (Å²) in [4.78, 5) is 17.7. The van der Waals surface area contributed by atoms with Crippen molar-refractivity contribution in [3.8, 4) is 0 Å². The van der Waals surface area contributed by atoms with Gasteiger partial charge < -0.3 is 10.2 Å². The second-order valence-electron chi connectivity index (χ2n) is 4.47. The molecular formula is C14H15Cl2N3O. The molecule has 1 aliphatic heterocycles. The number of rotatable bonds is 2. The van der Waals surface area contributed by atoms with Crippen LogP contribution in [0.2, 0.25) is 10.0 Å². The van der Waals surface area contributed by atoms with Gasteiger partial charge in [0.25, 0.3) is 0 Å². The molecule has 4 nitrogen and oxygen atoms in total. The minimum absolute atomic E-state index is 0.395. The highest BCUT2D eigenvalue weighted by Gasteiger charge is 2.15. The molecule has 1 heterocycles. The van der Waals surface area contributed by atoms with Crippen molar-refractivity contribution in [1.29, 1.82) is 0 Å². The number of urea groups is 1. The smallest absolute Gasteiger partial charge is 0.346 e. The Morgan fingerprint density at radius 3 is 2.70 bits per heavy atom. The van der Waals surface area contributed by atoms with Crippen molar-refractivity contribution in [2.24, 2.45) is 4.99 Å². The van der Waals surface area contributed by atoms with Gasteiger partial charge >= 0.3 is 6.03 Å². The number of carbonyl (C=O) groups excluding carboxylic acids is 1. The topological polar surface area (TPSA) is 44.7 Å². The molecule has 0 saturated carbocycles. The van der Waals surface area contributed by atoms with Crippen molar-refractivity contribution in [2.75, 3.05) is 13.6 Å². The van der Waals surface area contributed by atoms with Crippen LogP contribution < -0.4 is 5.32 Å². The van der Waals surface area contributed by atoms with Gasteiger partial charge in [-0.3, -0.25) is 0 Å². The molecule has 1 N–H and O–H groups in total. The average molecular weight is 312 g/mol. The summed E-state index contributed by atoms with van der Waals surface area (Å²) in [7, 11) is 1.93. The van der Waals surface area contributed by atoms with E-state index in [0.29, 0.717) is 15.6 Å². The van der Waals surface area contributed by atoms with Gasteiger partial charge in [0.2, 0.25) is 0 Å². The number of aliphatic imine (C=N–C) groups is 1. The molecule has 1 aromatic rings. The Kier molecular flexibility index (Phi) is 5.04. The predicted molar refractivity (Wildman–Crippen MR) is 83.3 cm³/mol. The van der Waals surface area contributed by atoms with Crippen LogP contribution in [0.25, 0.3) is 6.08 Å². The average Bonchev–Trinajstić information content (AvgIpc) is 2.79. The molecule has 20 heavy (non-hydrogen) atoms. The second-order valence-corrected chi connectivity index (χ2v) is 5.29. The first-order valence-corrected chi connectivity index (χ1v) is 7.03. The van der Waals surface area contributed by atoms with Gasteiger partial charge in [-0.25, -0.2) is 4.79 Å². The van der Waals surface area contributed by atoms with Crippen LogP contribution in [0.3, 0.4) is 0 Å². The van der Waals surface area contributed by atoms with Crippen molar-refractivity contribution in [3.63, 3.8) is 0 Å². The summed E-state index contributed by atoms with van der Waals surface area (Å²) in [6.07, 6.45) is 5.02. The highest BCUT2D eigenvalue weighted by atomic mass is 35.5. The summed E-state index contributed by atoms with van der Waals surface area (Å²) in [5.41, 5.74) is 0.668. The normalized spacial score (nSPS) is 17.1. The first-order valence-electron chi connectivity index (χ1n) is 6.27. The van der Waals surface area contributed by atoms with Gasteiger partial charge in [-0.15, -0.1) is 0 Å². The number of carbonyl (C=O) groups is 1. The lowest BCUT2D eigenvalue weighted by Gasteiger charge is -2.09. The Morgan fingerprint density at radius 2 is 2.10 bits per heavy atom. The first kappa shape index (κ1) is 14.9. The third kappa shape index (κ3) is 3.74. The zero-order valence-electron chi connectivity index (χ0n) is 11.1. The molecule has 0 atom stereocenters. The maximum Gasteiger partial charge on any atom is 0.346 e. The van der Waals surface area contributed by atoms with Crippen LogP contribution >= 0.6 is 23.2 Å². The molecule has 0 radical (unpaired) electrons. The van der Waals surface area contributed by atoms with Gasteiger partial charge in [0.1, 0.15) is 5.84 Å². The van der Waals surface area contributed by atoms with Crippen molar-refractivity contribution in [2.45, 2.75) is 12.8 Å². The molecule has 2 amide bonds. The van der Waals surface area contributed by atoms with Crippen LogP contribution in [-0.2, 0) is 0 Å². The van der Waals surface area contributed by atoms with Gasteiger partial charge in [0, 0.05) is 41.8 Å². The van der Waals surface area contributed by atoms with E-state index in [1.807, 2.05) is 11.9 Å². The third-order valence-corrected chi connectivity index (χ3v) is 3.68. The third-order valence-electron chi connectivity index (χ3n) is 3.02. The fourth-order valence-electron chi connectivity index (χ4n) is 1.95. The molecule has 1 saturated heterocycles. The standard InChI is InChI=1S/C14H15Cl2N3O/c1-19-9-3-6-13(19)18-14(20)17-8-7-10-11(15)4-2-5-12(10)16/h2,4-5,7-8H,3,6,9H2,1H3,(H,17,20). The molecule has 6 heteroatoms. The number of halogens is 2. The van der Waals surface area contributed by atoms with Crippen molar-refractivity contribution in [3.05, 3.63) is 40.0 Å². The van der Waals surface area contributed by atoms with E-state index in [0.717, 1.165) is 25.2 Å². The maximum absolute atomic E-state index is 11.7. The molecule has 0 aliphatic carbocycles. The second kappa shape index (κ2) is 6.77. The van der Waals surface area contributed by atoms with Crippen molar-refractivity contribution >= 4 is 41.1 Å². The Balaban J connectivity index is 1.98. The largest absolute Gasteiger partial charge is 0.363 e. The molecule has 106 valence electrons. The van der Waals surface area contributed by atoms with E-state index in [-0.39, 0.29) is 0 Å². The van der Waals surface area contributed by atoms with Gasteiger partial charge in [-0.05, 0) is 24.6 Å². The predicted octanol–water partition coefficient (Wildman–Crippen LogP) is 3.80. The monoisotopic (exact) mass is 311 g/mol. The summed E-state index contributed by atoms with van der Waals surface area (Å²) in [6.45, 7) is 0.942. The number of benzene rings is 1. The maximum atomic E-state index is 11.7. The Hall–Kier alpha value is -1.52. The zero-order chi connectivity index (χ0) is 14.5. The number of nitrogens with zero attached hydrogens (tertiary/aromatic N) is 2. The number of amides is 2. The highest BCUT2D eigenvalue weighted by molar-refractivity contribution is 6.37. The van der Waals surface area contributed by atoms with E-state index in [1.165, 1.54) is 6.20 Å². The van der Waals surface area contributed by atoms with E-state index in [2.05, 4.69) is 10.3 Å². The molecule has 2 rings (SSSR count). The lowest BCUT2D eigenvalue weighted by atomic mass is 10.2. The molecule has 0 bridgehead atoms. The molecule has 0 aromatic heterocycles. The van der Waals surface area contributed by atoms with Crippen molar-refractivity contribution < 1.29 is 4.79 Å². The highest BCUT2D eigenvalue weighted by Crippen LogP contribution is 2.25. The molecule has 1 aromatic carbocycles. The van der Waals surface area contributed by atoms with E-state index in [4.69, 9.17) is 23.2 Å². The van der Waals surface area contributed by atoms with E-state index >= 15 is 0 Å². The van der Waals surface area contributed by atoms with Crippen LogP contribution in [0.15, 0.2) is 29.4 Å². The quantitative estimate of drug-likeness (QED) is 0.903. The summed E-state index contributed by atoms with van der Waals surface area (Å²) in [5, 5.41) is 3.65. The summed E-state index contributed by atoms with van der Waals surface area (Å²) < 4.78 is 0. The number of likely N-dealkylation sites (tertiary alicyclic amines) is 1. The van der Waals surface area contributed by atoms with Crippen LogP contribution in [0, 0.1) is 0 Å². The van der Waals surface area contributed by atoms with Crippen LogP contribution in [-0.4, -0.2) is 30.4 Å². The SMILES string of the molecule is CN1CCCC1=NC(=O)NC=Cc1c(Cl)cccc1Cl. The summed E-state index contributed by atoms with van der Waals surface area (Å²) in [6, 6.07) is 4.85. The lowest BCUT2D eigenvalue weighted by Crippen LogP contribution is -2.23. The summed E-state index contributed by atoms with van der Waals surface area (Å²) in [5.74, 6) is 0.812. The number of hydrogen-bond acceptors (Lipinski definition) is 1. The molecule has 1 aliphatic rings. The van der Waals surface area contributed by atoms with Crippen LogP contribution in [0.5, 0.6) is 0 Å². The first-order chi connectivity index (χ1) is 9.58. The Morgan fingerprint density at radius 1 is 1.40 bits per heavy atom. The van der Waals surface area contributed by atoms with E-state index in [9.17, 15) is 4.79 Å². The van der Waals surface area contributed by atoms with Crippen molar-refractivity contribution in [1.82, 2.24) is 10.2 Å². The fourth-order valence-corrected chi connectivity index (χ4v) is 2.47. The number of hydrogen-bond donors (Lipinski definition) is 1.